The van der Waals surface area contributed by atoms with Crippen molar-refractivity contribution in [2.75, 3.05) is 0 Å². The molecule has 1 aliphatic heterocycles. The van der Waals surface area contributed by atoms with Crippen molar-refractivity contribution in [1.82, 2.24) is 0 Å². The minimum Gasteiger partial charge on any atom is -0.455 e. The maximum atomic E-state index is 10.8. The summed E-state index contributed by atoms with van der Waals surface area (Å²) >= 11 is 0. The van der Waals surface area contributed by atoms with Crippen LogP contribution in [-0.2, 0) is 9.53 Å². The third-order valence-electron chi connectivity index (χ3n) is 2.10. The highest BCUT2D eigenvalue weighted by atomic mass is 16.5. The zero-order valence-electron chi connectivity index (χ0n) is 8.46. The number of hydrogen-bond donors (Lipinski definition) is 0. The number of cyclic esters (lactones) is 1. The molecule has 0 saturated heterocycles. The highest BCUT2D eigenvalue weighted by Gasteiger charge is 2.20. The normalized spacial score (nSPS) is 21.0. The highest BCUT2D eigenvalue weighted by Crippen LogP contribution is 2.20. The first kappa shape index (κ1) is 10.0. The SMILES string of the molecule is CC(C)=CCCC1=CC(=O)OC1C. The monoisotopic (exact) mass is 180 g/mol. The van der Waals surface area contributed by atoms with Crippen LogP contribution in [0.3, 0.4) is 0 Å². The average molecular weight is 180 g/mol. The molecule has 1 rings (SSSR count). The Labute approximate surface area is 79.3 Å². The van der Waals surface area contributed by atoms with Gasteiger partial charge in [0.15, 0.2) is 0 Å². The molecule has 0 amide bonds. The van der Waals surface area contributed by atoms with E-state index in [4.69, 9.17) is 4.74 Å². The standard InChI is InChI=1S/C11H16O2/c1-8(2)5-4-6-10-7-11(12)13-9(10)3/h5,7,9H,4,6H2,1-3H3. The molecule has 2 heteroatoms. The number of rotatable bonds is 3. The Morgan fingerprint density at radius 3 is 2.77 bits per heavy atom. The maximum absolute atomic E-state index is 10.8. The smallest absolute Gasteiger partial charge is 0.331 e. The van der Waals surface area contributed by atoms with Crippen molar-refractivity contribution >= 4 is 5.97 Å². The van der Waals surface area contributed by atoms with Gasteiger partial charge in [-0.05, 0) is 39.2 Å². The van der Waals surface area contributed by atoms with Gasteiger partial charge < -0.3 is 4.74 Å². The number of allylic oxidation sites excluding steroid dienone is 2. The predicted molar refractivity (Wildman–Crippen MR) is 52.3 cm³/mol. The van der Waals surface area contributed by atoms with Gasteiger partial charge in [-0.3, -0.25) is 0 Å². The van der Waals surface area contributed by atoms with Gasteiger partial charge in [-0.25, -0.2) is 4.79 Å². The summed E-state index contributed by atoms with van der Waals surface area (Å²) in [6.45, 7) is 6.07. The summed E-state index contributed by atoms with van der Waals surface area (Å²) in [5.41, 5.74) is 2.43. The quantitative estimate of drug-likeness (QED) is 0.493. The molecule has 0 aromatic carbocycles. The average Bonchev–Trinajstić information content (AvgIpc) is 2.29. The Morgan fingerprint density at radius 2 is 2.31 bits per heavy atom. The van der Waals surface area contributed by atoms with Crippen LogP contribution in [0.2, 0.25) is 0 Å². The van der Waals surface area contributed by atoms with Gasteiger partial charge in [-0.1, -0.05) is 11.6 Å². The van der Waals surface area contributed by atoms with E-state index in [0.717, 1.165) is 18.4 Å². The first-order valence-corrected chi connectivity index (χ1v) is 4.64. The molecule has 13 heavy (non-hydrogen) atoms. The van der Waals surface area contributed by atoms with Crippen LogP contribution in [-0.4, -0.2) is 12.1 Å². The Bertz CT molecular complexity index is 257. The van der Waals surface area contributed by atoms with Crippen LogP contribution >= 0.6 is 0 Å². The summed E-state index contributed by atoms with van der Waals surface area (Å²) in [4.78, 5) is 10.8. The number of hydrogen-bond acceptors (Lipinski definition) is 2. The van der Waals surface area contributed by atoms with E-state index in [1.807, 2.05) is 6.92 Å². The minimum absolute atomic E-state index is 0.0157. The van der Waals surface area contributed by atoms with Gasteiger partial charge in [0.05, 0.1) is 0 Å². The Hall–Kier alpha value is -1.05. The van der Waals surface area contributed by atoms with Crippen LogP contribution in [0, 0.1) is 0 Å². The van der Waals surface area contributed by atoms with Gasteiger partial charge in [0, 0.05) is 6.08 Å². The summed E-state index contributed by atoms with van der Waals surface area (Å²) in [6.07, 6.45) is 5.70. The van der Waals surface area contributed by atoms with Crippen LogP contribution in [0.5, 0.6) is 0 Å². The second kappa shape index (κ2) is 4.26. The zero-order valence-corrected chi connectivity index (χ0v) is 8.46. The molecule has 0 saturated carbocycles. The Morgan fingerprint density at radius 1 is 1.62 bits per heavy atom. The molecule has 72 valence electrons. The first-order chi connectivity index (χ1) is 6.09. The van der Waals surface area contributed by atoms with Crippen molar-refractivity contribution in [1.29, 1.82) is 0 Å². The molecule has 0 aliphatic carbocycles. The van der Waals surface area contributed by atoms with Gasteiger partial charge in [0.2, 0.25) is 0 Å². The Kier molecular flexibility index (Phi) is 3.29. The third kappa shape index (κ3) is 3.05. The van der Waals surface area contributed by atoms with Crippen LogP contribution in [0.15, 0.2) is 23.3 Å². The van der Waals surface area contributed by atoms with Gasteiger partial charge in [0.25, 0.3) is 0 Å². The molecule has 0 aromatic rings. The van der Waals surface area contributed by atoms with E-state index in [1.165, 1.54) is 5.57 Å². The van der Waals surface area contributed by atoms with Crippen molar-refractivity contribution in [3.8, 4) is 0 Å². The molecule has 0 bridgehead atoms. The minimum atomic E-state index is -0.195. The van der Waals surface area contributed by atoms with E-state index >= 15 is 0 Å². The number of carbonyl (C=O) groups is 1. The predicted octanol–water partition coefficient (Wildman–Crippen LogP) is 2.60. The fraction of sp³-hybridized carbons (Fsp3) is 0.545. The largest absolute Gasteiger partial charge is 0.455 e. The molecular formula is C11H16O2. The number of esters is 1. The van der Waals surface area contributed by atoms with Crippen LogP contribution in [0.1, 0.15) is 33.6 Å². The number of ether oxygens (including phenoxy) is 1. The summed E-state index contributed by atoms with van der Waals surface area (Å²) in [7, 11) is 0. The fourth-order valence-electron chi connectivity index (χ4n) is 1.36. The van der Waals surface area contributed by atoms with Crippen molar-refractivity contribution in [2.24, 2.45) is 0 Å². The van der Waals surface area contributed by atoms with Gasteiger partial charge in [-0.2, -0.15) is 0 Å². The van der Waals surface area contributed by atoms with E-state index in [0.29, 0.717) is 0 Å². The van der Waals surface area contributed by atoms with E-state index in [9.17, 15) is 4.79 Å². The zero-order chi connectivity index (χ0) is 9.84. The van der Waals surface area contributed by atoms with Gasteiger partial charge in [0.1, 0.15) is 6.10 Å². The molecule has 0 aromatic heterocycles. The van der Waals surface area contributed by atoms with Crippen LogP contribution in [0.25, 0.3) is 0 Å². The lowest BCUT2D eigenvalue weighted by molar-refractivity contribution is -0.138. The van der Waals surface area contributed by atoms with Crippen molar-refractivity contribution in [3.05, 3.63) is 23.3 Å². The van der Waals surface area contributed by atoms with E-state index in [2.05, 4.69) is 19.9 Å². The lowest BCUT2D eigenvalue weighted by Gasteiger charge is -2.06. The second-order valence-electron chi connectivity index (χ2n) is 3.62. The lowest BCUT2D eigenvalue weighted by Crippen LogP contribution is -2.05. The molecule has 2 nitrogen and oxygen atoms in total. The molecule has 1 heterocycles. The first-order valence-electron chi connectivity index (χ1n) is 4.64. The molecular weight excluding hydrogens is 164 g/mol. The Balaban J connectivity index is 2.41. The van der Waals surface area contributed by atoms with E-state index in [1.54, 1.807) is 6.08 Å². The summed E-state index contributed by atoms with van der Waals surface area (Å²) in [5.74, 6) is -0.195. The van der Waals surface area contributed by atoms with Crippen molar-refractivity contribution in [2.45, 2.75) is 39.7 Å². The van der Waals surface area contributed by atoms with E-state index < -0.39 is 0 Å². The topological polar surface area (TPSA) is 26.3 Å². The molecule has 0 N–H and O–H groups in total. The molecule has 0 fully saturated rings. The van der Waals surface area contributed by atoms with Gasteiger partial charge >= 0.3 is 5.97 Å². The van der Waals surface area contributed by atoms with E-state index in [-0.39, 0.29) is 12.1 Å². The summed E-state index contributed by atoms with van der Waals surface area (Å²) in [5, 5.41) is 0. The van der Waals surface area contributed by atoms with Crippen molar-refractivity contribution in [3.63, 3.8) is 0 Å². The fourth-order valence-corrected chi connectivity index (χ4v) is 1.36. The second-order valence-corrected chi connectivity index (χ2v) is 3.62. The third-order valence-corrected chi connectivity index (χ3v) is 2.10. The van der Waals surface area contributed by atoms with Crippen LogP contribution in [0.4, 0.5) is 0 Å². The molecule has 1 aliphatic rings. The number of carbonyl (C=O) groups excluding carboxylic acids is 1. The van der Waals surface area contributed by atoms with Gasteiger partial charge in [-0.15, -0.1) is 0 Å². The molecule has 1 atom stereocenters. The molecule has 1 unspecified atom stereocenters. The summed E-state index contributed by atoms with van der Waals surface area (Å²) < 4.78 is 4.98. The molecule has 0 spiro atoms. The summed E-state index contributed by atoms with van der Waals surface area (Å²) in [6, 6.07) is 0. The van der Waals surface area contributed by atoms with Crippen LogP contribution < -0.4 is 0 Å². The lowest BCUT2D eigenvalue weighted by atomic mass is 10.1. The highest BCUT2D eigenvalue weighted by molar-refractivity contribution is 5.85. The molecule has 0 radical (unpaired) electrons. The maximum Gasteiger partial charge on any atom is 0.331 e. The van der Waals surface area contributed by atoms with Crippen molar-refractivity contribution < 1.29 is 9.53 Å².